The molecule has 170 valence electrons. The van der Waals surface area contributed by atoms with Crippen molar-refractivity contribution in [2.45, 2.75) is 38.5 Å². The summed E-state index contributed by atoms with van der Waals surface area (Å²) in [5.41, 5.74) is 4.70. The van der Waals surface area contributed by atoms with Crippen molar-refractivity contribution in [3.63, 3.8) is 0 Å². The first-order valence-corrected chi connectivity index (χ1v) is 11.7. The molecular weight excluding hydrogens is 412 g/mol. The van der Waals surface area contributed by atoms with Crippen molar-refractivity contribution in [1.82, 2.24) is 9.88 Å². The quantitative estimate of drug-likeness (QED) is 0.594. The molecule has 6 nitrogen and oxygen atoms in total. The summed E-state index contributed by atoms with van der Waals surface area (Å²) in [5.74, 6) is 0.875. The lowest BCUT2D eigenvalue weighted by Crippen LogP contribution is -2.50. The Hall–Kier alpha value is -3.14. The van der Waals surface area contributed by atoms with Gasteiger partial charge in [0.1, 0.15) is 0 Å². The van der Waals surface area contributed by atoms with E-state index < -0.39 is 0 Å². The Morgan fingerprint density at radius 3 is 2.52 bits per heavy atom. The van der Waals surface area contributed by atoms with Gasteiger partial charge in [-0.2, -0.15) is 5.26 Å². The zero-order chi connectivity index (χ0) is 22.9. The molecule has 1 aromatic heterocycles. The van der Waals surface area contributed by atoms with Gasteiger partial charge in [-0.1, -0.05) is 24.3 Å². The molecule has 6 heteroatoms. The number of aromatic nitrogens is 1. The van der Waals surface area contributed by atoms with E-state index in [1.165, 1.54) is 0 Å². The first-order chi connectivity index (χ1) is 16.1. The largest absolute Gasteiger partial charge is 0.494 e. The third-order valence-electron chi connectivity index (χ3n) is 6.83. The summed E-state index contributed by atoms with van der Waals surface area (Å²) < 4.78 is 11.9. The van der Waals surface area contributed by atoms with E-state index in [2.05, 4.69) is 41.8 Å². The van der Waals surface area contributed by atoms with E-state index >= 15 is 0 Å². The lowest BCUT2D eigenvalue weighted by Gasteiger charge is -2.39. The van der Waals surface area contributed by atoms with E-state index in [4.69, 9.17) is 19.7 Å². The number of ether oxygens (including phenoxy) is 2. The van der Waals surface area contributed by atoms with Crippen LogP contribution in [-0.4, -0.2) is 61.4 Å². The van der Waals surface area contributed by atoms with E-state index in [1.807, 2.05) is 36.5 Å². The zero-order valence-electron chi connectivity index (χ0n) is 19.5. The number of rotatable bonds is 4. The number of nitriles is 1. The van der Waals surface area contributed by atoms with Crippen LogP contribution in [0.3, 0.4) is 0 Å². The summed E-state index contributed by atoms with van der Waals surface area (Å²) in [4.78, 5) is 9.89. The molecule has 0 N–H and O–H groups in total. The second kappa shape index (κ2) is 9.01. The van der Waals surface area contributed by atoms with E-state index in [0.717, 1.165) is 66.1 Å². The molecule has 0 amide bonds. The van der Waals surface area contributed by atoms with Crippen molar-refractivity contribution in [1.29, 1.82) is 5.26 Å². The monoisotopic (exact) mass is 442 g/mol. The number of anilines is 1. The minimum absolute atomic E-state index is 0.278. The average molecular weight is 443 g/mol. The predicted molar refractivity (Wildman–Crippen MR) is 131 cm³/mol. The fourth-order valence-electron chi connectivity index (χ4n) is 5.36. The van der Waals surface area contributed by atoms with Gasteiger partial charge in [0.2, 0.25) is 0 Å². The molecule has 2 aliphatic rings. The highest BCUT2D eigenvalue weighted by Crippen LogP contribution is 2.40. The van der Waals surface area contributed by atoms with Crippen molar-refractivity contribution in [2.24, 2.45) is 0 Å². The SMILES string of the molecule is COc1c(N2CCC(N3CC(C)OC(C)C3)C2)cnc2c(-c3ccc(C#N)cc3)cccc12. The smallest absolute Gasteiger partial charge is 0.153 e. The molecule has 0 aliphatic carbocycles. The van der Waals surface area contributed by atoms with Crippen LogP contribution in [0.15, 0.2) is 48.7 Å². The number of para-hydroxylation sites is 1. The predicted octanol–water partition coefficient (Wildman–Crippen LogP) is 4.47. The summed E-state index contributed by atoms with van der Waals surface area (Å²) in [7, 11) is 1.74. The summed E-state index contributed by atoms with van der Waals surface area (Å²) >= 11 is 0. The van der Waals surface area contributed by atoms with Crippen LogP contribution >= 0.6 is 0 Å². The van der Waals surface area contributed by atoms with Crippen LogP contribution in [0.1, 0.15) is 25.8 Å². The highest BCUT2D eigenvalue weighted by atomic mass is 16.5. The van der Waals surface area contributed by atoms with Gasteiger partial charge in [-0.3, -0.25) is 9.88 Å². The molecule has 2 aromatic carbocycles. The number of hydrogen-bond acceptors (Lipinski definition) is 6. The summed E-state index contributed by atoms with van der Waals surface area (Å²) in [5, 5.41) is 10.1. The molecule has 5 rings (SSSR count). The fraction of sp³-hybridized carbons (Fsp3) is 0.407. The highest BCUT2D eigenvalue weighted by molar-refractivity contribution is 5.99. The Morgan fingerprint density at radius 1 is 1.06 bits per heavy atom. The third kappa shape index (κ3) is 4.15. The van der Waals surface area contributed by atoms with E-state index in [0.29, 0.717) is 11.6 Å². The lowest BCUT2D eigenvalue weighted by molar-refractivity contribution is -0.0779. The number of nitrogens with zero attached hydrogens (tertiary/aromatic N) is 4. The standard InChI is InChI=1S/C27H30N4O2/c1-18-15-31(16-19(2)33-18)22-11-12-30(17-22)25-14-29-26-23(5-4-6-24(26)27(25)32-3)21-9-7-20(13-28)8-10-21/h4-10,14,18-19,22H,11-12,15-17H2,1-3H3. The molecule has 2 aliphatic heterocycles. The molecule has 33 heavy (non-hydrogen) atoms. The molecule has 0 bridgehead atoms. The summed E-state index contributed by atoms with van der Waals surface area (Å²) in [6.45, 7) is 8.27. The second-order valence-electron chi connectivity index (χ2n) is 9.17. The summed E-state index contributed by atoms with van der Waals surface area (Å²) in [6.07, 6.45) is 3.65. The van der Waals surface area contributed by atoms with Gasteiger partial charge in [0.25, 0.3) is 0 Å². The minimum Gasteiger partial charge on any atom is -0.494 e. The normalized spacial score (nSPS) is 23.6. The van der Waals surface area contributed by atoms with Gasteiger partial charge in [-0.05, 0) is 44.0 Å². The van der Waals surface area contributed by atoms with E-state index in [-0.39, 0.29) is 12.2 Å². The summed E-state index contributed by atoms with van der Waals surface area (Å²) in [6, 6.07) is 16.5. The maximum atomic E-state index is 9.11. The molecule has 3 heterocycles. The number of benzene rings is 2. The molecule has 3 aromatic rings. The number of morpholine rings is 1. The van der Waals surface area contributed by atoms with Gasteiger partial charge in [0.15, 0.2) is 5.75 Å². The third-order valence-corrected chi connectivity index (χ3v) is 6.83. The average Bonchev–Trinajstić information content (AvgIpc) is 3.32. The Bertz CT molecular complexity index is 1180. The van der Waals surface area contributed by atoms with Gasteiger partial charge in [-0.15, -0.1) is 0 Å². The molecule has 3 unspecified atom stereocenters. The number of fused-ring (bicyclic) bond motifs is 1. The van der Waals surface area contributed by atoms with Crippen LogP contribution in [0.2, 0.25) is 0 Å². The van der Waals surface area contributed by atoms with Gasteiger partial charge in [0, 0.05) is 43.2 Å². The molecule has 0 radical (unpaired) electrons. The Labute approximate surface area is 195 Å². The number of methoxy groups -OCH3 is 1. The molecule has 0 spiro atoms. The highest BCUT2D eigenvalue weighted by Gasteiger charge is 2.33. The van der Waals surface area contributed by atoms with E-state index in [9.17, 15) is 0 Å². The first-order valence-electron chi connectivity index (χ1n) is 11.7. The van der Waals surface area contributed by atoms with Crippen LogP contribution in [0.4, 0.5) is 5.69 Å². The number of hydrogen-bond donors (Lipinski definition) is 0. The Balaban J connectivity index is 1.46. The van der Waals surface area contributed by atoms with Crippen LogP contribution in [0.25, 0.3) is 22.0 Å². The van der Waals surface area contributed by atoms with Crippen molar-refractivity contribution in [2.75, 3.05) is 38.2 Å². The maximum Gasteiger partial charge on any atom is 0.153 e. The topological polar surface area (TPSA) is 61.6 Å². The molecule has 3 atom stereocenters. The van der Waals surface area contributed by atoms with Crippen LogP contribution in [-0.2, 0) is 4.74 Å². The van der Waals surface area contributed by atoms with Crippen LogP contribution in [0, 0.1) is 11.3 Å². The number of pyridine rings is 1. The Morgan fingerprint density at radius 2 is 1.82 bits per heavy atom. The molecular formula is C27H30N4O2. The van der Waals surface area contributed by atoms with E-state index in [1.54, 1.807) is 7.11 Å². The van der Waals surface area contributed by atoms with Gasteiger partial charge in [0.05, 0.1) is 48.4 Å². The molecule has 2 fully saturated rings. The lowest BCUT2D eigenvalue weighted by atomic mass is 10.0. The molecule has 0 saturated carbocycles. The van der Waals surface area contributed by atoms with Crippen molar-refractivity contribution in [3.8, 4) is 22.9 Å². The first kappa shape index (κ1) is 21.7. The van der Waals surface area contributed by atoms with Crippen molar-refractivity contribution < 1.29 is 9.47 Å². The molecule has 2 saturated heterocycles. The maximum absolute atomic E-state index is 9.11. The van der Waals surface area contributed by atoms with Crippen molar-refractivity contribution >= 4 is 16.6 Å². The van der Waals surface area contributed by atoms with Gasteiger partial charge < -0.3 is 14.4 Å². The zero-order valence-corrected chi connectivity index (χ0v) is 19.5. The fourth-order valence-corrected chi connectivity index (χ4v) is 5.36. The minimum atomic E-state index is 0.278. The van der Waals surface area contributed by atoms with Gasteiger partial charge in [-0.25, -0.2) is 0 Å². The van der Waals surface area contributed by atoms with Gasteiger partial charge >= 0.3 is 0 Å². The van der Waals surface area contributed by atoms with Crippen LogP contribution < -0.4 is 9.64 Å². The van der Waals surface area contributed by atoms with Crippen molar-refractivity contribution in [3.05, 3.63) is 54.2 Å². The van der Waals surface area contributed by atoms with Crippen LogP contribution in [0.5, 0.6) is 5.75 Å². The Kier molecular flexibility index (Phi) is 5.92. The second-order valence-corrected chi connectivity index (χ2v) is 9.17.